The van der Waals surface area contributed by atoms with Crippen LogP contribution in [0.4, 0.5) is 0 Å². The van der Waals surface area contributed by atoms with Gasteiger partial charge in [-0.2, -0.15) is 0 Å². The molecule has 0 aromatic carbocycles. The van der Waals surface area contributed by atoms with Crippen LogP contribution in [0.25, 0.3) is 0 Å². The van der Waals surface area contributed by atoms with Crippen molar-refractivity contribution in [3.8, 4) is 0 Å². The summed E-state index contributed by atoms with van der Waals surface area (Å²) in [7, 11) is 0. The van der Waals surface area contributed by atoms with Gasteiger partial charge in [0.25, 0.3) is 0 Å². The van der Waals surface area contributed by atoms with Gasteiger partial charge in [-0.1, -0.05) is 0 Å². The maximum atomic E-state index is 0. The van der Waals surface area contributed by atoms with E-state index in [1.54, 1.807) is 0 Å². The molecule has 0 fully saturated rings. The van der Waals surface area contributed by atoms with Crippen molar-refractivity contribution < 1.29 is 44.3 Å². The molecule has 0 N–H and O–H groups in total. The Morgan fingerprint density at radius 3 is 0.500 bits per heavy atom. The minimum Gasteiger partial charge on any atom is -2.00 e. The smallest absolute Gasteiger partial charge is 2.00 e. The summed E-state index contributed by atoms with van der Waals surface area (Å²) < 4.78 is 0. The Labute approximate surface area is 54.7 Å². The third kappa shape index (κ3) is 78.9. The monoisotopic (exact) mass is 188 g/mol. The van der Waals surface area contributed by atoms with E-state index in [-0.39, 0.29) is 54.2 Å². The molecule has 0 bridgehead atoms. The van der Waals surface area contributed by atoms with Crippen molar-refractivity contribution in [3.63, 3.8) is 0 Å². The van der Waals surface area contributed by atoms with Crippen molar-refractivity contribution in [2.75, 3.05) is 0 Å². The zero-order chi connectivity index (χ0) is 0. The van der Waals surface area contributed by atoms with Gasteiger partial charge in [-0.25, -0.2) is 0 Å². The van der Waals surface area contributed by atoms with Gasteiger partial charge in [0.15, 0.2) is 0 Å². The van der Waals surface area contributed by atoms with Crippen LogP contribution in [0.5, 0.6) is 0 Å². The Morgan fingerprint density at radius 2 is 0.500 bits per heavy atom. The summed E-state index contributed by atoms with van der Waals surface area (Å²) in [5, 5.41) is 0. The van der Waals surface area contributed by atoms with Gasteiger partial charge in [-0.15, -0.1) is 0 Å². The molecule has 6 heteroatoms. The summed E-state index contributed by atoms with van der Waals surface area (Å²) in [6.45, 7) is 0. The summed E-state index contributed by atoms with van der Waals surface area (Å²) in [6, 6.07) is 0. The molecular weight excluding hydrogens is 188 g/mol. The van der Waals surface area contributed by atoms with Crippen LogP contribution in [0, 0.1) is 0 Å². The van der Waals surface area contributed by atoms with Gasteiger partial charge in [-0.05, 0) is 0 Å². The largest absolute Gasteiger partial charge is 5.00 e. The Hall–Kier alpha value is 1.01. The van der Waals surface area contributed by atoms with E-state index >= 15 is 0 Å². The molecular formula is NbO4P. The van der Waals surface area contributed by atoms with Crippen LogP contribution in [0.1, 0.15) is 0 Å². The summed E-state index contributed by atoms with van der Waals surface area (Å²) in [5.74, 6) is 0. The maximum Gasteiger partial charge on any atom is 5.00 e. The fourth-order valence-corrected chi connectivity index (χ4v) is 0. The van der Waals surface area contributed by atoms with Gasteiger partial charge in [-0.3, -0.25) is 0 Å². The minimum absolute atomic E-state index is 0. The molecule has 0 spiro atoms. The van der Waals surface area contributed by atoms with E-state index in [9.17, 15) is 0 Å². The van der Waals surface area contributed by atoms with E-state index in [1.807, 2.05) is 0 Å². The van der Waals surface area contributed by atoms with E-state index in [4.69, 9.17) is 0 Å². The van der Waals surface area contributed by atoms with Crippen LogP contribution in [-0.2, 0) is 44.3 Å². The van der Waals surface area contributed by atoms with Gasteiger partial charge >= 0.3 is 32.3 Å². The first-order valence-electron chi connectivity index (χ1n) is 0. The molecule has 0 aromatic heterocycles. The average Bonchev–Trinajstić information content (AvgIpc) is 0. The van der Waals surface area contributed by atoms with Gasteiger partial charge in [0, 0.05) is 0 Å². The maximum absolute atomic E-state index is 0. The van der Waals surface area contributed by atoms with Gasteiger partial charge in [0.2, 0.25) is 0 Å². The summed E-state index contributed by atoms with van der Waals surface area (Å²) in [6.07, 6.45) is 0. The van der Waals surface area contributed by atoms with Crippen LogP contribution in [0.15, 0.2) is 0 Å². The first-order valence-corrected chi connectivity index (χ1v) is 0. The van der Waals surface area contributed by atoms with E-state index in [0.29, 0.717) is 0 Å². The molecule has 0 aliphatic heterocycles. The molecule has 2 radical (unpaired) electrons. The topological polar surface area (TPSA) is 114 Å². The predicted octanol–water partition coefficient (Wildman–Crippen LogP) is 0.383. The summed E-state index contributed by atoms with van der Waals surface area (Å²) >= 11 is 0. The van der Waals surface area contributed by atoms with E-state index < -0.39 is 0 Å². The quantitative estimate of drug-likeness (QED) is 0.386. The zero-order valence-corrected chi connectivity index (χ0v) is 5.62. The molecule has 0 saturated heterocycles. The third-order valence-electron chi connectivity index (χ3n) is 0. The fourth-order valence-electron chi connectivity index (χ4n) is 0. The van der Waals surface area contributed by atoms with Crippen LogP contribution in [-0.4, -0.2) is 0 Å². The van der Waals surface area contributed by atoms with E-state index in [1.165, 1.54) is 0 Å². The molecule has 0 heterocycles. The van der Waals surface area contributed by atoms with Crippen molar-refractivity contribution in [3.05, 3.63) is 0 Å². The molecule has 0 aliphatic rings. The number of rotatable bonds is 0. The Morgan fingerprint density at radius 1 is 0.500 bits per heavy atom. The molecule has 34 valence electrons. The van der Waals surface area contributed by atoms with Gasteiger partial charge in [0.1, 0.15) is 0 Å². The molecule has 0 atom stereocenters. The van der Waals surface area contributed by atoms with Crippen molar-refractivity contribution in [2.45, 2.75) is 0 Å². The molecule has 0 amide bonds. The fraction of sp³-hybridized carbons (Fsp3) is 0. The van der Waals surface area contributed by atoms with Crippen LogP contribution < -0.4 is 0 Å². The molecule has 0 aliphatic carbocycles. The van der Waals surface area contributed by atoms with E-state index in [0.717, 1.165) is 0 Å². The molecule has 0 rings (SSSR count). The van der Waals surface area contributed by atoms with Crippen LogP contribution >= 0.6 is 9.90 Å². The Balaban J connectivity index is 0. The standard InChI is InChI=1S/Nb.4O.P/q+5;4*-2;+3. The van der Waals surface area contributed by atoms with Crippen molar-refractivity contribution >= 4 is 9.90 Å². The Kier molecular flexibility index (Phi) is 6110. The van der Waals surface area contributed by atoms with Crippen molar-refractivity contribution in [1.29, 1.82) is 0 Å². The molecule has 0 unspecified atom stereocenters. The second kappa shape index (κ2) is 148. The SMILES string of the molecule is [Nb+5].[O-2].[O-2].[O-2].[O-2].[P+3]. The molecule has 0 saturated carbocycles. The molecule has 0 aromatic rings. The minimum atomic E-state index is 0. The Bertz CT molecular complexity index is 7.51. The first-order chi connectivity index (χ1) is 0. The normalized spacial score (nSPS) is 0. The summed E-state index contributed by atoms with van der Waals surface area (Å²) in [4.78, 5) is 0. The average molecular weight is 188 g/mol. The third-order valence-corrected chi connectivity index (χ3v) is 0. The number of hydrogen-bond acceptors (Lipinski definition) is 0. The van der Waals surface area contributed by atoms with Gasteiger partial charge < -0.3 is 21.9 Å². The van der Waals surface area contributed by atoms with E-state index in [2.05, 4.69) is 0 Å². The molecule has 6 heavy (non-hydrogen) atoms. The van der Waals surface area contributed by atoms with Crippen molar-refractivity contribution in [1.82, 2.24) is 0 Å². The predicted molar refractivity (Wildman–Crippen MR) is 9.67 cm³/mol. The second-order valence-electron chi connectivity index (χ2n) is 0. The number of hydrogen-bond donors (Lipinski definition) is 0. The van der Waals surface area contributed by atoms with Crippen molar-refractivity contribution in [2.24, 2.45) is 0 Å². The first kappa shape index (κ1) is 248. The van der Waals surface area contributed by atoms with Crippen LogP contribution in [0.2, 0.25) is 0 Å². The molecule has 4 nitrogen and oxygen atoms in total. The summed E-state index contributed by atoms with van der Waals surface area (Å²) in [5.41, 5.74) is 0. The van der Waals surface area contributed by atoms with Crippen LogP contribution in [0.3, 0.4) is 0 Å². The zero-order valence-electron chi connectivity index (χ0n) is 2.53. The van der Waals surface area contributed by atoms with Gasteiger partial charge in [0.05, 0.1) is 0 Å². The second-order valence-corrected chi connectivity index (χ2v) is 0.